The van der Waals surface area contributed by atoms with Crippen LogP contribution in [0.2, 0.25) is 0 Å². The van der Waals surface area contributed by atoms with E-state index in [1.54, 1.807) is 32.3 Å². The van der Waals surface area contributed by atoms with Crippen LogP contribution in [0.5, 0.6) is 0 Å². The number of allylic oxidation sites excluding steroid dienone is 2. The van der Waals surface area contributed by atoms with Crippen LogP contribution in [0.4, 0.5) is 0 Å². The number of likely N-dealkylation sites (N-methyl/N-ethyl adjacent to an activating group) is 1. The van der Waals surface area contributed by atoms with Gasteiger partial charge in [0.1, 0.15) is 5.76 Å². The first-order chi connectivity index (χ1) is 15.2. The fraction of sp³-hybridized carbons (Fsp3) is 0.304. The van der Waals surface area contributed by atoms with E-state index in [0.29, 0.717) is 36.2 Å². The van der Waals surface area contributed by atoms with Gasteiger partial charge in [-0.25, -0.2) is 4.79 Å². The van der Waals surface area contributed by atoms with Gasteiger partial charge in [0.05, 0.1) is 17.2 Å². The lowest BCUT2D eigenvalue weighted by Gasteiger charge is -2.18. The Balaban J connectivity index is 1.49. The maximum Gasteiger partial charge on any atom is 0.335 e. The summed E-state index contributed by atoms with van der Waals surface area (Å²) in [5.74, 6) is -1.47. The minimum atomic E-state index is -1.01. The number of aromatic carboxylic acids is 1. The van der Waals surface area contributed by atoms with Crippen LogP contribution in [0.3, 0.4) is 0 Å². The van der Waals surface area contributed by atoms with Crippen molar-refractivity contribution >= 4 is 23.4 Å². The summed E-state index contributed by atoms with van der Waals surface area (Å²) in [6.45, 7) is 0. The molecule has 0 saturated carbocycles. The van der Waals surface area contributed by atoms with Crippen molar-refractivity contribution in [2.45, 2.75) is 31.7 Å². The molecule has 9 nitrogen and oxygen atoms in total. The fourth-order valence-electron chi connectivity index (χ4n) is 4.04. The van der Waals surface area contributed by atoms with Crippen LogP contribution in [0, 0.1) is 0 Å². The minimum absolute atomic E-state index is 0.0855. The number of carboxylic acid groups (broad SMARTS) is 1. The first-order valence-corrected chi connectivity index (χ1v) is 10.2. The van der Waals surface area contributed by atoms with E-state index in [1.807, 2.05) is 0 Å². The van der Waals surface area contributed by atoms with E-state index >= 15 is 0 Å². The monoisotopic (exact) mass is 437 g/mol. The number of rotatable bonds is 5. The van der Waals surface area contributed by atoms with E-state index in [9.17, 15) is 24.6 Å². The molecule has 9 heteroatoms. The third-order valence-corrected chi connectivity index (χ3v) is 5.76. The van der Waals surface area contributed by atoms with Crippen LogP contribution >= 0.6 is 0 Å². The normalized spacial score (nSPS) is 17.6. The molecule has 1 aromatic carbocycles. The van der Waals surface area contributed by atoms with Gasteiger partial charge < -0.3 is 25.0 Å². The van der Waals surface area contributed by atoms with Gasteiger partial charge >= 0.3 is 5.97 Å². The highest BCUT2D eigenvalue weighted by molar-refractivity contribution is 5.96. The second-order valence-electron chi connectivity index (χ2n) is 8.09. The summed E-state index contributed by atoms with van der Waals surface area (Å²) in [6.07, 6.45) is 3.69. The summed E-state index contributed by atoms with van der Waals surface area (Å²) in [5, 5.41) is 26.2. The molecule has 166 valence electrons. The zero-order valence-corrected chi connectivity index (χ0v) is 17.7. The van der Waals surface area contributed by atoms with E-state index in [2.05, 4.69) is 10.5 Å². The molecule has 0 unspecified atom stereocenters. The molecule has 2 aromatic rings. The lowest BCUT2D eigenvalue weighted by Crippen LogP contribution is -2.27. The van der Waals surface area contributed by atoms with Gasteiger partial charge in [-0.1, -0.05) is 11.2 Å². The molecule has 3 N–H and O–H groups in total. The largest absolute Gasteiger partial charge is 0.507 e. The van der Waals surface area contributed by atoms with E-state index in [1.165, 1.54) is 17.0 Å². The molecule has 4 rings (SSSR count). The lowest BCUT2D eigenvalue weighted by molar-refractivity contribution is -0.125. The Bertz CT molecular complexity index is 1170. The summed E-state index contributed by atoms with van der Waals surface area (Å²) in [4.78, 5) is 37.5. The highest BCUT2D eigenvalue weighted by Crippen LogP contribution is 2.33. The van der Waals surface area contributed by atoms with Crippen LogP contribution in [-0.4, -0.2) is 52.1 Å². The third-order valence-electron chi connectivity index (χ3n) is 5.76. The van der Waals surface area contributed by atoms with Gasteiger partial charge in [0.2, 0.25) is 0 Å². The van der Waals surface area contributed by atoms with Crippen molar-refractivity contribution in [3.8, 4) is 0 Å². The summed E-state index contributed by atoms with van der Waals surface area (Å²) >= 11 is 0. The number of carbonyl (C=O) groups excluding carboxylic acids is 2. The first-order valence-electron chi connectivity index (χ1n) is 10.2. The quantitative estimate of drug-likeness (QED) is 0.655. The molecule has 0 spiro atoms. The molecule has 0 saturated heterocycles. The van der Waals surface area contributed by atoms with E-state index < -0.39 is 11.9 Å². The van der Waals surface area contributed by atoms with Crippen LogP contribution in [0.25, 0.3) is 5.57 Å². The molecule has 0 bridgehead atoms. The number of hydrogen-bond donors (Lipinski definition) is 3. The van der Waals surface area contributed by atoms with Gasteiger partial charge in [0, 0.05) is 25.7 Å². The Kier molecular flexibility index (Phi) is 5.56. The molecule has 2 amide bonds. The Morgan fingerprint density at radius 3 is 2.62 bits per heavy atom. The number of amides is 2. The zero-order valence-electron chi connectivity index (χ0n) is 17.7. The number of aliphatic hydroxyl groups is 1. The number of aromatic nitrogens is 1. The Hall–Kier alpha value is -3.88. The van der Waals surface area contributed by atoms with E-state index in [-0.39, 0.29) is 29.0 Å². The number of benzene rings is 1. The number of carboxylic acids is 1. The number of nitrogens with one attached hydrogen (secondary N) is 1. The maximum absolute atomic E-state index is 12.7. The minimum Gasteiger partial charge on any atom is -0.507 e. The number of fused-ring (bicyclic) bond motifs is 1. The predicted molar refractivity (Wildman–Crippen MR) is 114 cm³/mol. The topological polar surface area (TPSA) is 133 Å². The Morgan fingerprint density at radius 2 is 1.94 bits per heavy atom. The highest BCUT2D eigenvalue weighted by Gasteiger charge is 2.28. The maximum atomic E-state index is 12.7. The summed E-state index contributed by atoms with van der Waals surface area (Å²) < 4.78 is 5.32. The zero-order chi connectivity index (χ0) is 23.0. The van der Waals surface area contributed by atoms with Gasteiger partial charge in [0.25, 0.3) is 11.8 Å². The van der Waals surface area contributed by atoms with Crippen molar-refractivity contribution in [3.63, 3.8) is 0 Å². The molecule has 32 heavy (non-hydrogen) atoms. The van der Waals surface area contributed by atoms with Crippen molar-refractivity contribution in [1.82, 2.24) is 15.4 Å². The lowest BCUT2D eigenvalue weighted by atomic mass is 9.94. The van der Waals surface area contributed by atoms with E-state index in [0.717, 1.165) is 17.5 Å². The van der Waals surface area contributed by atoms with Gasteiger partial charge in [-0.3, -0.25) is 9.59 Å². The molecule has 2 aliphatic rings. The van der Waals surface area contributed by atoms with E-state index in [4.69, 9.17) is 4.52 Å². The van der Waals surface area contributed by atoms with Crippen molar-refractivity contribution in [3.05, 3.63) is 69.8 Å². The van der Waals surface area contributed by atoms with Crippen LogP contribution in [-0.2, 0) is 11.2 Å². The van der Waals surface area contributed by atoms with Crippen LogP contribution in [0.15, 0.2) is 46.2 Å². The molecule has 0 fully saturated rings. The molecule has 2 aliphatic carbocycles. The van der Waals surface area contributed by atoms with Crippen molar-refractivity contribution in [2.24, 2.45) is 0 Å². The Morgan fingerprint density at radius 1 is 1.16 bits per heavy atom. The number of nitrogens with zero attached hydrogens (tertiary/aromatic N) is 2. The van der Waals surface area contributed by atoms with Gasteiger partial charge in [0.15, 0.2) is 11.5 Å². The van der Waals surface area contributed by atoms with Crippen molar-refractivity contribution in [1.29, 1.82) is 0 Å². The summed E-state index contributed by atoms with van der Waals surface area (Å²) in [7, 11) is 3.24. The highest BCUT2D eigenvalue weighted by atomic mass is 16.5. The number of aryl methyl sites for hydroxylation is 1. The molecule has 0 radical (unpaired) electrons. The van der Waals surface area contributed by atoms with Crippen molar-refractivity contribution < 1.29 is 29.1 Å². The third kappa shape index (κ3) is 4.01. The van der Waals surface area contributed by atoms with Gasteiger partial charge in [-0.2, -0.15) is 0 Å². The molecule has 1 atom stereocenters. The molecular formula is C23H23N3O6. The first kappa shape index (κ1) is 21.4. The van der Waals surface area contributed by atoms with Crippen LogP contribution in [0.1, 0.15) is 63.0 Å². The average molecular weight is 437 g/mol. The average Bonchev–Trinajstić information content (AvgIpc) is 3.40. The number of aliphatic hydroxyl groups excluding tert-OH is 1. The molecule has 1 aromatic heterocycles. The standard InChI is InChI=1S/C23H23N3O6/c1-26(2)22(29)15-7-5-13(10-19(15)27)20-11-18(25-32-20)21(28)24-17-8-6-12-3-4-14(23(30)31)9-16(12)17/h3-4,9-11,17,27H,5-8H2,1-2H3,(H,24,28)(H,30,31)/t17-/m1/s1. The molecular weight excluding hydrogens is 414 g/mol. The fourth-order valence-corrected chi connectivity index (χ4v) is 4.04. The summed E-state index contributed by atoms with van der Waals surface area (Å²) in [5.41, 5.74) is 3.04. The van der Waals surface area contributed by atoms with Crippen molar-refractivity contribution in [2.75, 3.05) is 14.1 Å². The second kappa shape index (κ2) is 8.33. The van der Waals surface area contributed by atoms with Gasteiger partial charge in [-0.15, -0.1) is 0 Å². The molecule has 1 heterocycles. The number of carbonyl (C=O) groups is 3. The predicted octanol–water partition coefficient (Wildman–Crippen LogP) is 2.87. The second-order valence-corrected chi connectivity index (χ2v) is 8.09. The van der Waals surface area contributed by atoms with Gasteiger partial charge in [-0.05, 0) is 55.0 Å². The van der Waals surface area contributed by atoms with Crippen LogP contribution < -0.4 is 5.32 Å². The Labute approximate surface area is 184 Å². The molecule has 0 aliphatic heterocycles. The smallest absolute Gasteiger partial charge is 0.335 e. The summed E-state index contributed by atoms with van der Waals surface area (Å²) in [6, 6.07) is 6.13. The SMILES string of the molecule is CN(C)C(=O)C1=C(O)C=C(c2cc(C(=O)N[C@@H]3CCc4ccc(C(=O)O)cc43)no2)CC1. The number of hydrogen-bond acceptors (Lipinski definition) is 6.